The third-order valence-electron chi connectivity index (χ3n) is 8.10. The van der Waals surface area contributed by atoms with Crippen molar-refractivity contribution in [1.29, 1.82) is 0 Å². The molecule has 9 nitrogen and oxygen atoms in total. The van der Waals surface area contributed by atoms with Crippen molar-refractivity contribution in [3.63, 3.8) is 0 Å². The van der Waals surface area contributed by atoms with E-state index >= 15 is 0 Å². The van der Waals surface area contributed by atoms with Crippen LogP contribution in [0.15, 0.2) is 18.2 Å². The first-order valence-corrected chi connectivity index (χ1v) is 16.5. The molecule has 0 saturated carbocycles. The van der Waals surface area contributed by atoms with E-state index in [9.17, 15) is 34.5 Å². The zero-order valence-corrected chi connectivity index (χ0v) is 26.3. The summed E-state index contributed by atoms with van der Waals surface area (Å²) >= 11 is 0. The molecule has 0 saturated heterocycles. The van der Waals surface area contributed by atoms with Crippen LogP contribution in [-0.4, -0.2) is 70.1 Å². The molecule has 43 heavy (non-hydrogen) atoms. The van der Waals surface area contributed by atoms with Crippen LogP contribution in [0.5, 0.6) is 0 Å². The molecule has 0 bridgehead atoms. The molecule has 0 spiro atoms. The van der Waals surface area contributed by atoms with Crippen molar-refractivity contribution in [2.75, 3.05) is 7.05 Å². The normalized spacial score (nSPS) is 11.8. The number of carbonyl (C=O) groups excluding carboxylic acids is 2. The minimum absolute atomic E-state index is 0.0671. The highest BCUT2D eigenvalue weighted by Crippen LogP contribution is 2.15. The zero-order valence-electron chi connectivity index (χ0n) is 26.3. The van der Waals surface area contributed by atoms with Crippen LogP contribution in [0.2, 0.25) is 0 Å². The Labute approximate surface area is 259 Å². The average molecular weight is 603 g/mol. The van der Waals surface area contributed by atoms with Gasteiger partial charge in [-0.1, -0.05) is 108 Å². The van der Waals surface area contributed by atoms with E-state index < -0.39 is 26.2 Å². The number of hydrogen-bond donors (Lipinski definition) is 6. The molecule has 0 radical (unpaired) electrons. The first-order valence-electron chi connectivity index (χ1n) is 16.5. The number of likely N-dealkylation sites (N-methyl/N-ethyl adjacent to an activating group) is 1. The van der Waals surface area contributed by atoms with Gasteiger partial charge < -0.3 is 30.5 Å². The molecule has 1 aromatic carbocycles. The first-order chi connectivity index (χ1) is 20.6. The lowest BCUT2D eigenvalue weighted by molar-refractivity contribution is -0.139. The number of carboxylic acids is 1. The van der Waals surface area contributed by atoms with Crippen molar-refractivity contribution in [3.05, 3.63) is 23.8 Å². The summed E-state index contributed by atoms with van der Waals surface area (Å²) in [4.78, 5) is 35.5. The number of hydrogen-bond acceptors (Lipinski definition) is 8. The Morgan fingerprint density at radius 1 is 0.605 bits per heavy atom. The molecule has 0 amide bonds. The predicted molar refractivity (Wildman–Crippen MR) is 173 cm³/mol. The van der Waals surface area contributed by atoms with Gasteiger partial charge in [0.25, 0.3) is 0 Å². The van der Waals surface area contributed by atoms with Gasteiger partial charge in [0.2, 0.25) is 0 Å². The quantitative estimate of drug-likeness (QED) is 0.0477. The van der Waals surface area contributed by atoms with E-state index in [4.69, 9.17) is 5.11 Å². The molecule has 0 aliphatic rings. The van der Waals surface area contributed by atoms with Gasteiger partial charge in [-0.2, -0.15) is 0 Å². The maximum atomic E-state index is 12.5. The van der Waals surface area contributed by atoms with Crippen LogP contribution in [0.3, 0.4) is 0 Å². The van der Waals surface area contributed by atoms with Gasteiger partial charge in [-0.25, -0.2) is 0 Å². The van der Waals surface area contributed by atoms with Crippen molar-refractivity contribution in [1.82, 2.24) is 5.32 Å². The third-order valence-corrected chi connectivity index (χ3v) is 8.10. The second-order valence-electron chi connectivity index (χ2n) is 11.8. The van der Waals surface area contributed by atoms with E-state index in [1.165, 1.54) is 69.6 Å². The van der Waals surface area contributed by atoms with Gasteiger partial charge in [-0.05, 0) is 43.7 Å². The summed E-state index contributed by atoms with van der Waals surface area (Å²) in [7, 11) is -1.90. The van der Waals surface area contributed by atoms with E-state index in [1.54, 1.807) is 7.05 Å². The Morgan fingerprint density at radius 2 is 0.977 bits per heavy atom. The zero-order chi connectivity index (χ0) is 31.9. The number of aliphatic carboxylic acids is 1. The van der Waals surface area contributed by atoms with Crippen LogP contribution in [0, 0.1) is 0 Å². The first kappa shape index (κ1) is 39.0. The van der Waals surface area contributed by atoms with Crippen LogP contribution in [0.4, 0.5) is 0 Å². The van der Waals surface area contributed by atoms with Gasteiger partial charge in [0.15, 0.2) is 5.78 Å². The summed E-state index contributed by atoms with van der Waals surface area (Å²) in [6.45, 7) is 0. The summed E-state index contributed by atoms with van der Waals surface area (Å²) in [5, 5.41) is 49.3. The Kier molecular flexibility index (Phi) is 22.0. The van der Waals surface area contributed by atoms with Crippen LogP contribution >= 0.6 is 0 Å². The second-order valence-corrected chi connectivity index (χ2v) is 11.8. The fourth-order valence-electron chi connectivity index (χ4n) is 5.37. The van der Waals surface area contributed by atoms with Gasteiger partial charge in [-0.15, -0.1) is 0 Å². The van der Waals surface area contributed by atoms with Crippen molar-refractivity contribution in [2.45, 2.75) is 141 Å². The molecule has 0 aliphatic carbocycles. The van der Waals surface area contributed by atoms with Crippen molar-refractivity contribution in [2.24, 2.45) is 0 Å². The SMILES string of the molecule is CN[C@@H](CCCCCC(=O)CCCCCCCCCCCCCCCCC(=O)c1cc(B(O)O)cc(B(O)O)c1)C(=O)O. The Balaban J connectivity index is 1.92. The smallest absolute Gasteiger partial charge is 0.480 e. The van der Waals surface area contributed by atoms with E-state index in [1.807, 2.05) is 0 Å². The molecule has 0 aromatic heterocycles. The van der Waals surface area contributed by atoms with Crippen LogP contribution in [-0.2, 0) is 9.59 Å². The van der Waals surface area contributed by atoms with Crippen LogP contribution < -0.4 is 16.2 Å². The molecule has 0 fully saturated rings. The minimum Gasteiger partial charge on any atom is -0.480 e. The van der Waals surface area contributed by atoms with E-state index in [0.717, 1.165) is 57.8 Å². The van der Waals surface area contributed by atoms with Crippen LogP contribution in [0.1, 0.15) is 145 Å². The molecule has 0 aliphatic heterocycles. The molecule has 6 N–H and O–H groups in total. The molecule has 1 aromatic rings. The molecular formula is C32H55B2NO8. The highest BCUT2D eigenvalue weighted by Gasteiger charge is 2.20. The number of carbonyl (C=O) groups is 3. The number of benzene rings is 1. The number of ketones is 2. The van der Waals surface area contributed by atoms with Gasteiger partial charge in [0, 0.05) is 24.8 Å². The molecule has 242 valence electrons. The lowest BCUT2D eigenvalue weighted by atomic mass is 9.71. The van der Waals surface area contributed by atoms with Gasteiger partial charge in [0.1, 0.15) is 11.8 Å². The Bertz CT molecular complexity index is 902. The number of carboxylic acid groups (broad SMARTS) is 1. The molecule has 0 unspecified atom stereocenters. The number of nitrogens with one attached hydrogen (secondary N) is 1. The lowest BCUT2D eigenvalue weighted by Gasteiger charge is -2.10. The van der Waals surface area contributed by atoms with Crippen molar-refractivity contribution >= 4 is 42.7 Å². The summed E-state index contributed by atoms with van der Waals surface area (Å²) < 4.78 is 0. The van der Waals surface area contributed by atoms with Crippen molar-refractivity contribution in [3.8, 4) is 0 Å². The van der Waals surface area contributed by atoms with Gasteiger partial charge in [-0.3, -0.25) is 14.4 Å². The minimum atomic E-state index is -1.78. The predicted octanol–water partition coefficient (Wildman–Crippen LogP) is 3.66. The molecule has 0 heterocycles. The topological polar surface area (TPSA) is 164 Å². The summed E-state index contributed by atoms with van der Waals surface area (Å²) in [6.07, 6.45) is 20.8. The molecule has 1 rings (SSSR count). The van der Waals surface area contributed by atoms with E-state index in [0.29, 0.717) is 31.5 Å². The number of unbranched alkanes of at least 4 members (excludes halogenated alkanes) is 15. The van der Waals surface area contributed by atoms with Crippen LogP contribution in [0.25, 0.3) is 0 Å². The van der Waals surface area contributed by atoms with Gasteiger partial charge in [0.05, 0.1) is 0 Å². The Hall–Kier alpha value is -2.04. The van der Waals surface area contributed by atoms with E-state index in [2.05, 4.69) is 5.32 Å². The fraction of sp³-hybridized carbons (Fsp3) is 0.719. The summed E-state index contributed by atoms with van der Waals surface area (Å²) in [5.41, 5.74) is 0.400. The monoisotopic (exact) mass is 603 g/mol. The molecular weight excluding hydrogens is 548 g/mol. The second kappa shape index (κ2) is 24.3. The number of Topliss-reactive ketones (excluding diaryl/α,β-unsaturated/α-hetero) is 2. The summed E-state index contributed by atoms with van der Waals surface area (Å²) in [5.74, 6) is -0.622. The largest absolute Gasteiger partial charge is 0.488 e. The fourth-order valence-corrected chi connectivity index (χ4v) is 5.37. The highest BCUT2D eigenvalue weighted by molar-refractivity contribution is 6.62. The van der Waals surface area contributed by atoms with Crippen molar-refractivity contribution < 1.29 is 39.6 Å². The maximum absolute atomic E-state index is 12.5. The molecule has 11 heteroatoms. The maximum Gasteiger partial charge on any atom is 0.488 e. The highest BCUT2D eigenvalue weighted by atomic mass is 16.4. The standard InChI is InChI=1S/C32H55B2NO8/c1-35-30(32(38)39)21-17-14-16-20-29(36)19-15-12-10-8-6-4-2-3-5-7-9-11-13-18-22-31(37)26-23-27(33(40)41)25-28(24-26)34(42)43/h23-25,30,35,40-43H,2-22H2,1H3,(H,38,39)/t30-/m0/s1. The molecule has 1 atom stereocenters. The average Bonchev–Trinajstić information content (AvgIpc) is 2.98. The summed E-state index contributed by atoms with van der Waals surface area (Å²) in [6, 6.07) is 3.55. The Morgan fingerprint density at radius 3 is 1.35 bits per heavy atom. The lowest BCUT2D eigenvalue weighted by Crippen LogP contribution is -2.39. The van der Waals surface area contributed by atoms with E-state index in [-0.39, 0.29) is 22.3 Å². The number of rotatable bonds is 28. The van der Waals surface area contributed by atoms with Gasteiger partial charge >= 0.3 is 20.2 Å². The third kappa shape index (κ3) is 19.1.